The summed E-state index contributed by atoms with van der Waals surface area (Å²) in [5.74, 6) is -2.75. The van der Waals surface area contributed by atoms with Crippen molar-refractivity contribution < 1.29 is 44.0 Å². The number of ether oxygens (including phenoxy) is 2. The van der Waals surface area contributed by atoms with Crippen molar-refractivity contribution in [3.05, 3.63) is 11.1 Å². The molecule has 2 fully saturated rings. The number of hydrogen-bond donors (Lipinski definition) is 3. The highest BCUT2D eigenvalue weighted by atomic mass is 16.5. The molecule has 2 saturated carbocycles. The normalized spacial score (nSPS) is 47.6. The number of esters is 1. The third-order valence-corrected chi connectivity index (χ3v) is 8.68. The van der Waals surface area contributed by atoms with Gasteiger partial charge in [0.1, 0.15) is 24.9 Å². The number of carbonyl (C=O) groups excluding carboxylic acids is 4. The summed E-state index contributed by atoms with van der Waals surface area (Å²) in [6.45, 7) is 6.45. The van der Waals surface area contributed by atoms with Crippen molar-refractivity contribution in [1.29, 1.82) is 0 Å². The Morgan fingerprint density at radius 1 is 1.22 bits per heavy atom. The van der Waals surface area contributed by atoms with Crippen molar-refractivity contribution in [2.24, 2.45) is 28.1 Å². The Bertz CT molecular complexity index is 924. The smallest absolute Gasteiger partial charge is 0.302 e. The molecule has 4 aliphatic carbocycles. The highest BCUT2D eigenvalue weighted by Crippen LogP contribution is 2.66. The van der Waals surface area contributed by atoms with E-state index >= 15 is 0 Å². The number of hydrogen-bond acceptors (Lipinski definition) is 9. The fraction of sp³-hybridized carbons (Fsp3) is 0.739. The van der Waals surface area contributed by atoms with Gasteiger partial charge in [0, 0.05) is 34.8 Å². The fourth-order valence-corrected chi connectivity index (χ4v) is 6.98. The summed E-state index contributed by atoms with van der Waals surface area (Å²) in [7, 11) is 0. The molecule has 0 amide bonds. The van der Waals surface area contributed by atoms with Gasteiger partial charge in [-0.1, -0.05) is 20.8 Å². The molecule has 0 aromatic rings. The zero-order valence-electron chi connectivity index (χ0n) is 18.7. The van der Waals surface area contributed by atoms with Gasteiger partial charge in [-0.05, 0) is 25.2 Å². The van der Waals surface area contributed by atoms with Crippen LogP contribution < -0.4 is 0 Å². The van der Waals surface area contributed by atoms with Crippen LogP contribution in [0.4, 0.5) is 0 Å². The predicted molar refractivity (Wildman–Crippen MR) is 108 cm³/mol. The minimum absolute atomic E-state index is 0.0427. The van der Waals surface area contributed by atoms with Crippen molar-refractivity contribution in [2.45, 2.75) is 71.4 Å². The average molecular weight is 450 g/mol. The molecule has 0 bridgehead atoms. The van der Waals surface area contributed by atoms with Crippen LogP contribution in [-0.2, 0) is 28.7 Å². The van der Waals surface area contributed by atoms with Crippen LogP contribution in [0.1, 0.15) is 47.0 Å². The lowest BCUT2D eigenvalue weighted by atomic mass is 9.45. The summed E-state index contributed by atoms with van der Waals surface area (Å²) in [6, 6.07) is 0. The summed E-state index contributed by atoms with van der Waals surface area (Å²) in [5, 5.41) is 33.2. The summed E-state index contributed by atoms with van der Waals surface area (Å²) < 4.78 is 10.5. The Balaban J connectivity index is 1.89. The summed E-state index contributed by atoms with van der Waals surface area (Å²) in [5.41, 5.74) is -3.58. The number of fused-ring (bicyclic) bond motifs is 2. The first-order valence-electron chi connectivity index (χ1n) is 11.0. The van der Waals surface area contributed by atoms with Gasteiger partial charge in [0.15, 0.2) is 11.6 Å². The van der Waals surface area contributed by atoms with Crippen LogP contribution in [0.5, 0.6) is 0 Å². The minimum atomic E-state index is -1.65. The molecule has 9 nitrogen and oxygen atoms in total. The van der Waals surface area contributed by atoms with Gasteiger partial charge in [-0.25, -0.2) is 0 Å². The number of carbonyl (C=O) groups is 4. The molecule has 0 saturated heterocycles. The first-order chi connectivity index (χ1) is 14.9. The van der Waals surface area contributed by atoms with Gasteiger partial charge >= 0.3 is 5.97 Å². The molecule has 32 heavy (non-hydrogen) atoms. The summed E-state index contributed by atoms with van der Waals surface area (Å²) in [4.78, 5) is 49.7. The molecular weight excluding hydrogens is 420 g/mol. The van der Waals surface area contributed by atoms with E-state index in [4.69, 9.17) is 9.47 Å². The first-order valence-corrected chi connectivity index (χ1v) is 11.0. The Kier molecular flexibility index (Phi) is 5.19. The van der Waals surface area contributed by atoms with Crippen LogP contribution in [0.2, 0.25) is 0 Å². The number of aliphatic hydroxyl groups is 3. The lowest BCUT2D eigenvalue weighted by molar-refractivity contribution is -0.201. The predicted octanol–water partition coefficient (Wildman–Crippen LogP) is 0.0846. The second-order valence-corrected chi connectivity index (χ2v) is 10.4. The van der Waals surface area contributed by atoms with E-state index in [1.165, 1.54) is 6.92 Å². The van der Waals surface area contributed by atoms with Gasteiger partial charge in [0.2, 0.25) is 0 Å². The molecule has 0 aromatic heterocycles. The van der Waals surface area contributed by atoms with E-state index in [0.29, 0.717) is 6.42 Å². The van der Waals surface area contributed by atoms with Gasteiger partial charge in [-0.2, -0.15) is 0 Å². The fourth-order valence-electron chi connectivity index (χ4n) is 6.98. The number of rotatable bonds is 4. The number of aliphatic hydroxyl groups excluding tert-OH is 3. The minimum Gasteiger partial charge on any atom is -0.465 e. The van der Waals surface area contributed by atoms with E-state index in [2.05, 4.69) is 0 Å². The highest BCUT2D eigenvalue weighted by Gasteiger charge is 2.72. The molecule has 0 heterocycles. The van der Waals surface area contributed by atoms with Crippen molar-refractivity contribution in [2.75, 3.05) is 6.61 Å². The van der Waals surface area contributed by atoms with Crippen LogP contribution >= 0.6 is 0 Å². The van der Waals surface area contributed by atoms with Gasteiger partial charge in [-0.3, -0.25) is 19.2 Å². The van der Waals surface area contributed by atoms with E-state index in [0.717, 1.165) is 0 Å². The zero-order valence-corrected chi connectivity index (χ0v) is 18.7. The van der Waals surface area contributed by atoms with Crippen LogP contribution in [0.25, 0.3) is 0 Å². The number of Topliss-reactive ketones (excluding diaryl/α,β-unsaturated/α-hetero) is 2. The van der Waals surface area contributed by atoms with Crippen LogP contribution in [0.15, 0.2) is 11.1 Å². The molecule has 4 rings (SSSR count). The van der Waals surface area contributed by atoms with E-state index in [-0.39, 0.29) is 43.0 Å². The maximum atomic E-state index is 13.5. The van der Waals surface area contributed by atoms with Gasteiger partial charge in [0.05, 0.1) is 11.5 Å². The monoisotopic (exact) mass is 450 g/mol. The topological polar surface area (TPSA) is 147 Å². The van der Waals surface area contributed by atoms with E-state index in [9.17, 15) is 34.5 Å². The summed E-state index contributed by atoms with van der Waals surface area (Å²) >= 11 is 0. The quantitative estimate of drug-likeness (QED) is 0.400. The van der Waals surface area contributed by atoms with Crippen molar-refractivity contribution in [3.63, 3.8) is 0 Å². The maximum absolute atomic E-state index is 13.5. The van der Waals surface area contributed by atoms with Gasteiger partial charge in [-0.15, -0.1) is 0 Å². The Labute approximate surface area is 185 Å². The Morgan fingerprint density at radius 3 is 2.38 bits per heavy atom. The van der Waals surface area contributed by atoms with Gasteiger partial charge < -0.3 is 24.8 Å². The standard InChI is InChI=1S/C23H30O9/c1-10-7-23(10)19(29)13-14(16(27)20(23)30)21(3)6-5-12(32-9-24)22(4,8-31-11(2)25)18(21)17(28)15(13)26/h9-10,12,15,17-18,20,26,28,30H,5-8H2,1-4H3/t10-,12-,15-,17+,18+,20-,21-,22+,23+/m0/s1. The second-order valence-electron chi connectivity index (χ2n) is 10.4. The Morgan fingerprint density at radius 2 is 1.84 bits per heavy atom. The van der Waals surface area contributed by atoms with Crippen LogP contribution in [0.3, 0.4) is 0 Å². The lowest BCUT2D eigenvalue weighted by Crippen LogP contribution is -2.66. The molecule has 176 valence electrons. The lowest BCUT2D eigenvalue weighted by Gasteiger charge is -2.60. The van der Waals surface area contributed by atoms with E-state index in [1.54, 1.807) is 20.8 Å². The molecule has 0 aromatic carbocycles. The Hall–Kier alpha value is -2.10. The molecule has 0 radical (unpaired) electrons. The summed E-state index contributed by atoms with van der Waals surface area (Å²) in [6.07, 6.45) is -4.50. The van der Waals surface area contributed by atoms with E-state index in [1.807, 2.05) is 0 Å². The molecule has 4 aliphatic rings. The third-order valence-electron chi connectivity index (χ3n) is 8.68. The van der Waals surface area contributed by atoms with Crippen molar-refractivity contribution >= 4 is 24.0 Å². The third kappa shape index (κ3) is 2.74. The molecule has 9 atom stereocenters. The second kappa shape index (κ2) is 7.20. The first kappa shape index (κ1) is 23.1. The molecule has 3 N–H and O–H groups in total. The van der Waals surface area contributed by atoms with Crippen LogP contribution in [0, 0.1) is 28.1 Å². The van der Waals surface area contributed by atoms with E-state index < -0.39 is 64.1 Å². The molecule has 1 spiro atoms. The van der Waals surface area contributed by atoms with Crippen molar-refractivity contribution in [3.8, 4) is 0 Å². The SMILES string of the molecule is CC(=O)OC[C@]1(C)[C@@H](OC=O)CC[C@@]2(C)C3=C(C(=O)[C@]4(C[C@@H]4C)[C@@H](O)C3=O)[C@H](O)[C@@H](O)[C@@H]12. The molecular formula is C23H30O9. The average Bonchev–Trinajstić information content (AvgIpc) is 3.40. The largest absolute Gasteiger partial charge is 0.465 e. The van der Waals surface area contributed by atoms with Crippen molar-refractivity contribution in [1.82, 2.24) is 0 Å². The van der Waals surface area contributed by atoms with Crippen LogP contribution in [-0.4, -0.2) is 70.4 Å². The number of ketones is 2. The molecule has 9 heteroatoms. The maximum Gasteiger partial charge on any atom is 0.302 e. The molecule has 0 unspecified atom stereocenters. The molecule has 0 aliphatic heterocycles. The zero-order chi connectivity index (χ0) is 23.8. The van der Waals surface area contributed by atoms with Gasteiger partial charge in [0.25, 0.3) is 6.47 Å². The highest BCUT2D eigenvalue weighted by molar-refractivity contribution is 6.19.